The van der Waals surface area contributed by atoms with Crippen molar-refractivity contribution in [2.45, 2.75) is 6.04 Å². The second kappa shape index (κ2) is 6.44. The topological polar surface area (TPSA) is 142 Å². The molecule has 0 aromatic heterocycles. The summed E-state index contributed by atoms with van der Waals surface area (Å²) in [4.78, 5) is 33.6. The Morgan fingerprint density at radius 3 is 2.36 bits per heavy atom. The molecule has 0 saturated heterocycles. The Balaban J connectivity index is 1.86. The van der Waals surface area contributed by atoms with Gasteiger partial charge in [-0.1, -0.05) is 18.2 Å². The first-order valence-corrected chi connectivity index (χ1v) is 6.73. The molecule has 118 valence electrons. The second-order valence-corrected chi connectivity index (χ2v) is 5.17. The molecular formula is C14H17N3O5. The van der Waals surface area contributed by atoms with Gasteiger partial charge >= 0.3 is 18.0 Å². The highest BCUT2D eigenvalue weighted by Crippen LogP contribution is 2.47. The van der Waals surface area contributed by atoms with E-state index >= 15 is 0 Å². The van der Waals surface area contributed by atoms with Crippen molar-refractivity contribution in [3.63, 3.8) is 0 Å². The van der Waals surface area contributed by atoms with E-state index in [-0.39, 0.29) is 6.54 Å². The van der Waals surface area contributed by atoms with E-state index in [0.29, 0.717) is 5.69 Å². The van der Waals surface area contributed by atoms with Crippen LogP contribution in [0.25, 0.3) is 0 Å². The molecule has 0 heterocycles. The molecule has 0 unspecified atom stereocenters. The van der Waals surface area contributed by atoms with Gasteiger partial charge in [0.15, 0.2) is 0 Å². The molecule has 0 aliphatic heterocycles. The van der Waals surface area contributed by atoms with Crippen LogP contribution in [-0.2, 0) is 9.59 Å². The Morgan fingerprint density at radius 1 is 1.18 bits per heavy atom. The molecule has 1 aromatic rings. The molecule has 1 aliphatic carbocycles. The highest BCUT2D eigenvalue weighted by atomic mass is 16.4. The van der Waals surface area contributed by atoms with Gasteiger partial charge in [-0.15, -0.1) is 0 Å². The monoisotopic (exact) mass is 307 g/mol. The minimum atomic E-state index is -1.25. The number of anilines is 1. The average Bonchev–Trinajstić information content (AvgIpc) is 3.19. The molecule has 2 amide bonds. The standard InChI is InChI=1S/C14H17N3O5/c15-11(13(20)21)9-8(10(9)12(18)19)6-16-14(22)17-7-4-2-1-3-5-7/h1-5,8-11H,6,15H2,(H,18,19)(H,20,21)(H2,16,17,22)/t8-,9+,10+,11+/m0/s1. The number of carboxylic acids is 2. The predicted molar refractivity (Wildman–Crippen MR) is 77.2 cm³/mol. The zero-order valence-electron chi connectivity index (χ0n) is 11.6. The number of carbonyl (C=O) groups is 3. The van der Waals surface area contributed by atoms with E-state index in [4.69, 9.17) is 15.9 Å². The summed E-state index contributed by atoms with van der Waals surface area (Å²) in [6.07, 6.45) is 0. The number of urea groups is 1. The van der Waals surface area contributed by atoms with Gasteiger partial charge < -0.3 is 26.6 Å². The van der Waals surface area contributed by atoms with Crippen LogP contribution >= 0.6 is 0 Å². The van der Waals surface area contributed by atoms with E-state index in [1.54, 1.807) is 24.3 Å². The van der Waals surface area contributed by atoms with Gasteiger partial charge in [0, 0.05) is 18.2 Å². The predicted octanol–water partition coefficient (Wildman–Crippen LogP) is 0.167. The van der Waals surface area contributed by atoms with E-state index in [1.807, 2.05) is 6.07 Å². The zero-order chi connectivity index (χ0) is 16.3. The normalized spacial score (nSPS) is 24.1. The summed E-state index contributed by atoms with van der Waals surface area (Å²) in [5, 5.41) is 23.0. The van der Waals surface area contributed by atoms with Crippen LogP contribution in [0, 0.1) is 17.8 Å². The number of rotatable bonds is 6. The maximum Gasteiger partial charge on any atom is 0.320 e. The van der Waals surface area contributed by atoms with Gasteiger partial charge in [0.05, 0.1) is 5.92 Å². The molecular weight excluding hydrogens is 290 g/mol. The maximum atomic E-state index is 11.7. The van der Waals surface area contributed by atoms with Gasteiger partial charge in [0.2, 0.25) is 0 Å². The number of hydrogen-bond donors (Lipinski definition) is 5. The van der Waals surface area contributed by atoms with Gasteiger partial charge in [-0.25, -0.2) is 4.79 Å². The fourth-order valence-electron chi connectivity index (χ4n) is 2.57. The van der Waals surface area contributed by atoms with E-state index in [0.717, 1.165) is 0 Å². The molecule has 1 aromatic carbocycles. The largest absolute Gasteiger partial charge is 0.481 e. The van der Waals surface area contributed by atoms with Crippen molar-refractivity contribution in [1.29, 1.82) is 0 Å². The van der Waals surface area contributed by atoms with Crippen molar-refractivity contribution in [3.8, 4) is 0 Å². The van der Waals surface area contributed by atoms with Crippen molar-refractivity contribution >= 4 is 23.7 Å². The summed E-state index contributed by atoms with van der Waals surface area (Å²) in [6.45, 7) is 0.0568. The summed E-state index contributed by atoms with van der Waals surface area (Å²) in [6, 6.07) is 7.02. The van der Waals surface area contributed by atoms with Crippen LogP contribution in [0.3, 0.4) is 0 Å². The lowest BCUT2D eigenvalue weighted by Crippen LogP contribution is -2.35. The highest BCUT2D eigenvalue weighted by Gasteiger charge is 2.59. The average molecular weight is 307 g/mol. The Kier molecular flexibility index (Phi) is 4.62. The third-order valence-electron chi connectivity index (χ3n) is 3.74. The first-order valence-electron chi connectivity index (χ1n) is 6.73. The summed E-state index contributed by atoms with van der Waals surface area (Å²) < 4.78 is 0. The minimum absolute atomic E-state index is 0.0568. The van der Waals surface area contributed by atoms with Crippen LogP contribution < -0.4 is 16.4 Å². The van der Waals surface area contributed by atoms with E-state index in [1.165, 1.54) is 0 Å². The molecule has 0 spiro atoms. The Hall–Kier alpha value is -2.61. The molecule has 8 nitrogen and oxygen atoms in total. The van der Waals surface area contributed by atoms with Crippen LogP contribution in [0.15, 0.2) is 30.3 Å². The minimum Gasteiger partial charge on any atom is -0.481 e. The molecule has 1 saturated carbocycles. The maximum absolute atomic E-state index is 11.7. The first kappa shape index (κ1) is 15.8. The fourth-order valence-corrected chi connectivity index (χ4v) is 2.57. The van der Waals surface area contributed by atoms with Crippen molar-refractivity contribution in [2.75, 3.05) is 11.9 Å². The van der Waals surface area contributed by atoms with Crippen LogP contribution in [0.2, 0.25) is 0 Å². The lowest BCUT2D eigenvalue weighted by molar-refractivity contribution is -0.140. The van der Waals surface area contributed by atoms with Crippen LogP contribution in [-0.4, -0.2) is 40.8 Å². The summed E-state index contributed by atoms with van der Waals surface area (Å²) in [5.41, 5.74) is 6.08. The first-order chi connectivity index (χ1) is 10.4. The van der Waals surface area contributed by atoms with Crippen molar-refractivity contribution < 1.29 is 24.6 Å². The lowest BCUT2D eigenvalue weighted by atomic mass is 10.1. The van der Waals surface area contributed by atoms with E-state index in [9.17, 15) is 14.4 Å². The van der Waals surface area contributed by atoms with Crippen molar-refractivity contribution in [1.82, 2.24) is 5.32 Å². The Bertz CT molecular complexity index is 577. The van der Waals surface area contributed by atoms with Crippen LogP contribution in [0.5, 0.6) is 0 Å². The van der Waals surface area contributed by atoms with Crippen molar-refractivity contribution in [2.24, 2.45) is 23.5 Å². The van der Waals surface area contributed by atoms with E-state index in [2.05, 4.69) is 10.6 Å². The Morgan fingerprint density at radius 2 is 1.82 bits per heavy atom. The number of aliphatic carboxylic acids is 2. The molecule has 22 heavy (non-hydrogen) atoms. The van der Waals surface area contributed by atoms with Gasteiger partial charge in [-0.2, -0.15) is 0 Å². The lowest BCUT2D eigenvalue weighted by Gasteiger charge is -2.08. The van der Waals surface area contributed by atoms with Crippen molar-refractivity contribution in [3.05, 3.63) is 30.3 Å². The summed E-state index contributed by atoms with van der Waals surface area (Å²) >= 11 is 0. The summed E-state index contributed by atoms with van der Waals surface area (Å²) in [5.74, 6) is -4.34. The number of amides is 2. The SMILES string of the molecule is N[C@@H](C(=O)O)[C@@H]1[C@H](CNC(=O)Nc2ccccc2)[C@H]1C(=O)O. The third kappa shape index (κ3) is 3.53. The molecule has 8 heteroatoms. The number of carbonyl (C=O) groups excluding carboxylic acids is 1. The fraction of sp³-hybridized carbons (Fsp3) is 0.357. The Labute approximate surface area is 126 Å². The number of hydrogen-bond acceptors (Lipinski definition) is 4. The van der Waals surface area contributed by atoms with Gasteiger partial charge in [0.25, 0.3) is 0 Å². The number of benzene rings is 1. The smallest absolute Gasteiger partial charge is 0.320 e. The number of carboxylic acid groups (broad SMARTS) is 2. The van der Waals surface area contributed by atoms with Crippen LogP contribution in [0.4, 0.5) is 10.5 Å². The van der Waals surface area contributed by atoms with Gasteiger partial charge in [-0.05, 0) is 18.1 Å². The third-order valence-corrected chi connectivity index (χ3v) is 3.74. The number of nitrogens with one attached hydrogen (secondary N) is 2. The molecule has 6 N–H and O–H groups in total. The zero-order valence-corrected chi connectivity index (χ0v) is 11.6. The molecule has 1 fully saturated rings. The number of para-hydroxylation sites is 1. The molecule has 0 bridgehead atoms. The molecule has 4 atom stereocenters. The quantitative estimate of drug-likeness (QED) is 0.507. The number of nitrogens with two attached hydrogens (primary N) is 1. The molecule has 1 aliphatic rings. The molecule has 2 rings (SSSR count). The van der Waals surface area contributed by atoms with Gasteiger partial charge in [0.1, 0.15) is 6.04 Å². The van der Waals surface area contributed by atoms with E-state index < -0.39 is 41.8 Å². The highest BCUT2D eigenvalue weighted by molar-refractivity contribution is 5.89. The summed E-state index contributed by atoms with van der Waals surface area (Å²) in [7, 11) is 0. The second-order valence-electron chi connectivity index (χ2n) is 5.17. The molecule has 0 radical (unpaired) electrons. The van der Waals surface area contributed by atoms with Gasteiger partial charge in [-0.3, -0.25) is 9.59 Å². The van der Waals surface area contributed by atoms with Crippen LogP contribution in [0.1, 0.15) is 0 Å².